The minimum atomic E-state index is -0.350. The van der Waals surface area contributed by atoms with E-state index < -0.39 is 0 Å². The topological polar surface area (TPSA) is 86.1 Å². The number of aromatic nitrogens is 3. The molecule has 38 heavy (non-hydrogen) atoms. The molecule has 5 aromatic rings. The van der Waals surface area contributed by atoms with Gasteiger partial charge in [-0.2, -0.15) is 0 Å². The van der Waals surface area contributed by atoms with Crippen LogP contribution in [-0.4, -0.2) is 26.2 Å². The molecule has 1 atom stereocenters. The van der Waals surface area contributed by atoms with Crippen molar-refractivity contribution < 1.29 is 14.3 Å². The van der Waals surface area contributed by atoms with E-state index in [0.717, 1.165) is 28.3 Å². The van der Waals surface area contributed by atoms with Crippen molar-refractivity contribution in [2.45, 2.75) is 31.9 Å². The van der Waals surface area contributed by atoms with Gasteiger partial charge in [-0.25, -0.2) is 4.98 Å². The predicted octanol–water partition coefficient (Wildman–Crippen LogP) is 6.02. The van der Waals surface area contributed by atoms with Crippen LogP contribution in [0.5, 0.6) is 5.75 Å². The number of ketones is 1. The van der Waals surface area contributed by atoms with E-state index in [1.807, 2.05) is 71.4 Å². The summed E-state index contributed by atoms with van der Waals surface area (Å²) in [4.78, 5) is 34.7. The Morgan fingerprint density at radius 2 is 1.82 bits per heavy atom. The molecule has 1 amide bonds. The first-order valence-electron chi connectivity index (χ1n) is 12.7. The monoisotopic (exact) mass is 502 g/mol. The molecule has 1 aliphatic rings. The van der Waals surface area contributed by atoms with E-state index in [0.29, 0.717) is 42.1 Å². The molecule has 0 bridgehead atoms. The number of amides is 1. The smallest absolute Gasteiger partial charge is 0.274 e. The standard InChI is InChI=1S/C31H26N4O3/c36-27-12-6-11-25-24(27)13-14-28(38-29(19-35-16-15-32-20-35)21-7-2-1-3-8-21)30(25)34-31(37)26-17-22-9-4-5-10-23(22)18-33-26/h1-5,7-10,13-18,20,29H,6,11-12,19H2,(H,34,37). The van der Waals surface area contributed by atoms with Crippen LogP contribution >= 0.6 is 0 Å². The van der Waals surface area contributed by atoms with Gasteiger partial charge < -0.3 is 14.6 Å². The van der Waals surface area contributed by atoms with E-state index in [2.05, 4.69) is 15.3 Å². The summed E-state index contributed by atoms with van der Waals surface area (Å²) in [7, 11) is 0. The van der Waals surface area contributed by atoms with Crippen molar-refractivity contribution in [3.8, 4) is 5.75 Å². The first kappa shape index (κ1) is 23.6. The Bertz CT molecular complexity index is 1610. The van der Waals surface area contributed by atoms with Crippen LogP contribution < -0.4 is 10.1 Å². The lowest BCUT2D eigenvalue weighted by atomic mass is 9.89. The number of carbonyl (C=O) groups is 2. The number of benzene rings is 3. The maximum Gasteiger partial charge on any atom is 0.274 e. The van der Waals surface area contributed by atoms with Crippen LogP contribution in [-0.2, 0) is 13.0 Å². The van der Waals surface area contributed by atoms with Gasteiger partial charge in [-0.05, 0) is 47.6 Å². The number of nitrogens with zero attached hydrogens (tertiary/aromatic N) is 3. The van der Waals surface area contributed by atoms with Crippen LogP contribution in [0.4, 0.5) is 5.69 Å². The summed E-state index contributed by atoms with van der Waals surface area (Å²) in [5.74, 6) is 0.245. The van der Waals surface area contributed by atoms with Gasteiger partial charge in [0.05, 0.1) is 18.6 Å². The second-order valence-corrected chi connectivity index (χ2v) is 9.39. The van der Waals surface area contributed by atoms with Crippen molar-refractivity contribution in [2.75, 3.05) is 5.32 Å². The van der Waals surface area contributed by atoms with Crippen LogP contribution in [0.1, 0.15) is 50.9 Å². The normalized spacial score (nSPS) is 13.6. The zero-order valence-electron chi connectivity index (χ0n) is 20.7. The van der Waals surface area contributed by atoms with Crippen LogP contribution in [0.25, 0.3) is 10.8 Å². The van der Waals surface area contributed by atoms with E-state index in [4.69, 9.17) is 4.74 Å². The third-order valence-electron chi connectivity index (χ3n) is 6.88. The van der Waals surface area contributed by atoms with Gasteiger partial charge in [-0.1, -0.05) is 54.6 Å². The fraction of sp³-hybridized carbons (Fsp3) is 0.161. The van der Waals surface area contributed by atoms with Gasteiger partial charge in [-0.3, -0.25) is 14.6 Å². The lowest BCUT2D eigenvalue weighted by Gasteiger charge is -2.25. The Balaban J connectivity index is 1.38. The van der Waals surface area contributed by atoms with Crippen molar-refractivity contribution in [3.63, 3.8) is 0 Å². The third kappa shape index (κ3) is 4.78. The molecule has 3 aromatic carbocycles. The van der Waals surface area contributed by atoms with Crippen molar-refractivity contribution in [2.24, 2.45) is 0 Å². The molecule has 1 aliphatic carbocycles. The first-order valence-corrected chi connectivity index (χ1v) is 12.7. The Morgan fingerprint density at radius 3 is 2.63 bits per heavy atom. The molecule has 0 fully saturated rings. The first-order chi connectivity index (χ1) is 18.7. The van der Waals surface area contributed by atoms with E-state index in [1.54, 1.807) is 30.9 Å². The van der Waals surface area contributed by atoms with Gasteiger partial charge in [0.15, 0.2) is 5.78 Å². The quantitative estimate of drug-likeness (QED) is 0.294. The summed E-state index contributed by atoms with van der Waals surface area (Å²) < 4.78 is 8.57. The van der Waals surface area contributed by atoms with E-state index >= 15 is 0 Å². The van der Waals surface area contributed by atoms with E-state index in [9.17, 15) is 9.59 Å². The third-order valence-corrected chi connectivity index (χ3v) is 6.88. The zero-order valence-corrected chi connectivity index (χ0v) is 20.7. The number of anilines is 1. The average molecular weight is 503 g/mol. The number of rotatable bonds is 7. The van der Waals surface area contributed by atoms with E-state index in [1.165, 1.54) is 0 Å². The molecule has 0 saturated heterocycles. The van der Waals surface area contributed by atoms with Gasteiger partial charge in [0.2, 0.25) is 0 Å². The number of Topliss-reactive ketones (excluding diaryl/α,β-unsaturated/α-hetero) is 1. The Kier molecular flexibility index (Phi) is 6.40. The summed E-state index contributed by atoms with van der Waals surface area (Å²) >= 11 is 0. The molecule has 188 valence electrons. The molecule has 6 rings (SSSR count). The van der Waals surface area contributed by atoms with Crippen molar-refractivity contribution in [1.82, 2.24) is 14.5 Å². The van der Waals surface area contributed by atoms with Crippen LogP contribution in [0.2, 0.25) is 0 Å². The zero-order chi connectivity index (χ0) is 25.9. The highest BCUT2D eigenvalue weighted by atomic mass is 16.5. The predicted molar refractivity (Wildman–Crippen MR) is 145 cm³/mol. The summed E-state index contributed by atoms with van der Waals surface area (Å²) in [6.07, 6.45) is 8.62. The Hall–Kier alpha value is -4.78. The number of fused-ring (bicyclic) bond motifs is 2. The van der Waals surface area contributed by atoms with Gasteiger partial charge in [0.25, 0.3) is 5.91 Å². The summed E-state index contributed by atoms with van der Waals surface area (Å²) in [6, 6.07) is 23.1. The highest BCUT2D eigenvalue weighted by molar-refractivity contribution is 6.08. The van der Waals surface area contributed by atoms with E-state index in [-0.39, 0.29) is 17.8 Å². The molecule has 2 heterocycles. The molecule has 0 spiro atoms. The molecule has 0 radical (unpaired) electrons. The van der Waals surface area contributed by atoms with Crippen molar-refractivity contribution in [1.29, 1.82) is 0 Å². The SMILES string of the molecule is O=C(Nc1c(OC(Cn2ccnc2)c2ccccc2)ccc2c1CCCC2=O)c1cc2ccccc2cn1. The van der Waals surface area contributed by atoms with Gasteiger partial charge >= 0.3 is 0 Å². The minimum Gasteiger partial charge on any atom is -0.482 e. The molecule has 1 unspecified atom stereocenters. The van der Waals surface area contributed by atoms with Crippen molar-refractivity contribution >= 4 is 28.2 Å². The number of hydrogen-bond donors (Lipinski definition) is 1. The molecule has 2 aromatic heterocycles. The van der Waals surface area contributed by atoms with Crippen LogP contribution in [0, 0.1) is 0 Å². The summed E-state index contributed by atoms with van der Waals surface area (Å²) in [6.45, 7) is 0.527. The number of carbonyl (C=O) groups excluding carboxylic acids is 2. The van der Waals surface area contributed by atoms with Gasteiger partial charge in [-0.15, -0.1) is 0 Å². The fourth-order valence-corrected chi connectivity index (χ4v) is 4.95. The lowest BCUT2D eigenvalue weighted by molar-refractivity contribution is 0.0969. The number of hydrogen-bond acceptors (Lipinski definition) is 5. The van der Waals surface area contributed by atoms with Crippen molar-refractivity contribution in [3.05, 3.63) is 120 Å². The summed E-state index contributed by atoms with van der Waals surface area (Å²) in [5.41, 5.74) is 3.26. The summed E-state index contributed by atoms with van der Waals surface area (Å²) in [5, 5.41) is 4.95. The highest BCUT2D eigenvalue weighted by Crippen LogP contribution is 2.38. The molecule has 1 N–H and O–H groups in total. The molecule has 7 nitrogen and oxygen atoms in total. The maximum atomic E-state index is 13.5. The molecule has 0 aliphatic heterocycles. The second-order valence-electron chi connectivity index (χ2n) is 9.39. The fourth-order valence-electron chi connectivity index (χ4n) is 4.95. The highest BCUT2D eigenvalue weighted by Gasteiger charge is 2.26. The molecular weight excluding hydrogens is 476 g/mol. The molecule has 7 heteroatoms. The second kappa shape index (κ2) is 10.3. The number of nitrogens with one attached hydrogen (secondary N) is 1. The Morgan fingerprint density at radius 1 is 1.00 bits per heavy atom. The molecular formula is C31H26N4O3. The largest absolute Gasteiger partial charge is 0.482 e. The van der Waals surface area contributed by atoms with Crippen LogP contribution in [0.15, 0.2) is 97.7 Å². The molecule has 0 saturated carbocycles. The number of imidazole rings is 1. The average Bonchev–Trinajstić information content (AvgIpc) is 3.47. The Labute approximate surface area is 220 Å². The minimum absolute atomic E-state index is 0.0788. The maximum absolute atomic E-state index is 13.5. The van der Waals surface area contributed by atoms with Gasteiger partial charge in [0.1, 0.15) is 17.5 Å². The number of pyridine rings is 1. The number of ether oxygens (including phenoxy) is 1. The van der Waals surface area contributed by atoms with Gasteiger partial charge in [0, 0.05) is 36.0 Å². The lowest BCUT2D eigenvalue weighted by Crippen LogP contribution is -2.21. The van der Waals surface area contributed by atoms with Crippen LogP contribution in [0.3, 0.4) is 0 Å².